The fourth-order valence-corrected chi connectivity index (χ4v) is 2.29. The van der Waals surface area contributed by atoms with Crippen molar-refractivity contribution >= 4 is 34.8 Å². The van der Waals surface area contributed by atoms with Crippen LogP contribution >= 0.6 is 11.6 Å². The Bertz CT molecular complexity index is 835. The van der Waals surface area contributed by atoms with Crippen LogP contribution < -0.4 is 15.4 Å². The first kappa shape index (κ1) is 19.7. The number of anilines is 2. The van der Waals surface area contributed by atoms with Gasteiger partial charge in [0, 0.05) is 16.8 Å². The lowest BCUT2D eigenvalue weighted by Crippen LogP contribution is -2.41. The largest absolute Gasteiger partial charge is 0.495 e. The van der Waals surface area contributed by atoms with Crippen molar-refractivity contribution in [2.75, 3.05) is 17.7 Å². The summed E-state index contributed by atoms with van der Waals surface area (Å²) in [5.74, 6) is -1.06. The molecule has 0 radical (unpaired) electrons. The van der Waals surface area contributed by atoms with Gasteiger partial charge in [0.2, 0.25) is 11.8 Å². The quantitative estimate of drug-likeness (QED) is 0.758. The molecule has 0 atom stereocenters. The summed E-state index contributed by atoms with van der Waals surface area (Å²) < 4.78 is 18.2. The molecule has 0 fully saturated rings. The van der Waals surface area contributed by atoms with Crippen molar-refractivity contribution in [3.8, 4) is 5.75 Å². The highest BCUT2D eigenvalue weighted by molar-refractivity contribution is 6.31. The van der Waals surface area contributed by atoms with E-state index in [4.69, 9.17) is 16.3 Å². The maximum atomic E-state index is 13.0. The van der Waals surface area contributed by atoms with Gasteiger partial charge in [0.05, 0.1) is 12.8 Å². The lowest BCUT2D eigenvalue weighted by atomic mass is 9.90. The van der Waals surface area contributed by atoms with Crippen LogP contribution in [0.1, 0.15) is 19.4 Å². The molecule has 0 aliphatic rings. The van der Waals surface area contributed by atoms with Crippen LogP contribution in [-0.2, 0) is 9.59 Å². The predicted molar refractivity (Wildman–Crippen MR) is 100 cm³/mol. The van der Waals surface area contributed by atoms with Gasteiger partial charge in [-0.1, -0.05) is 11.6 Å². The number of hydrogen-bond acceptors (Lipinski definition) is 3. The van der Waals surface area contributed by atoms with Crippen LogP contribution in [0.15, 0.2) is 36.4 Å². The molecule has 2 rings (SSSR count). The van der Waals surface area contributed by atoms with Crippen molar-refractivity contribution in [3.63, 3.8) is 0 Å². The minimum absolute atomic E-state index is 0.392. The second-order valence-corrected chi connectivity index (χ2v) is 6.75. The molecule has 5 nitrogen and oxygen atoms in total. The zero-order valence-electron chi connectivity index (χ0n) is 14.9. The third kappa shape index (κ3) is 4.32. The standard InChI is InChI=1S/C19H20ClFN2O3/c1-11-9-15(16(26-4)10-14(11)20)23-18(25)19(2,3)17(24)22-13-7-5-12(21)6-8-13/h5-10H,1-4H3,(H,22,24)(H,23,25). The normalized spacial score (nSPS) is 11.0. The van der Waals surface area contributed by atoms with Gasteiger partial charge in [-0.3, -0.25) is 9.59 Å². The monoisotopic (exact) mass is 378 g/mol. The summed E-state index contributed by atoms with van der Waals surface area (Å²) in [5.41, 5.74) is 0.197. The molecule has 0 aromatic heterocycles. The number of nitrogens with one attached hydrogen (secondary N) is 2. The summed E-state index contributed by atoms with van der Waals surface area (Å²) in [6.07, 6.45) is 0. The SMILES string of the molecule is COc1cc(Cl)c(C)cc1NC(=O)C(C)(C)C(=O)Nc1ccc(F)cc1. The van der Waals surface area contributed by atoms with Crippen LogP contribution in [0.3, 0.4) is 0 Å². The number of benzene rings is 2. The van der Waals surface area contributed by atoms with Gasteiger partial charge in [-0.25, -0.2) is 4.39 Å². The second kappa shape index (κ2) is 7.74. The van der Waals surface area contributed by atoms with Gasteiger partial charge in [-0.15, -0.1) is 0 Å². The molecule has 138 valence electrons. The molecule has 2 aromatic rings. The van der Waals surface area contributed by atoms with E-state index in [1.54, 1.807) is 19.1 Å². The Balaban J connectivity index is 2.18. The average molecular weight is 379 g/mol. The Morgan fingerprint density at radius 3 is 2.23 bits per heavy atom. The number of carbonyl (C=O) groups excluding carboxylic acids is 2. The lowest BCUT2D eigenvalue weighted by molar-refractivity contribution is -0.135. The number of aryl methyl sites for hydroxylation is 1. The van der Waals surface area contributed by atoms with Crippen LogP contribution in [-0.4, -0.2) is 18.9 Å². The van der Waals surface area contributed by atoms with Crippen LogP contribution in [0, 0.1) is 18.2 Å². The van der Waals surface area contributed by atoms with Crippen LogP contribution in [0.4, 0.5) is 15.8 Å². The van der Waals surface area contributed by atoms with E-state index in [2.05, 4.69) is 10.6 Å². The summed E-state index contributed by atoms with van der Waals surface area (Å²) in [6, 6.07) is 8.57. The first-order valence-electron chi connectivity index (χ1n) is 7.87. The predicted octanol–water partition coefficient (Wildman–Crippen LogP) is 4.40. The Hall–Kier alpha value is -2.60. The number of amides is 2. The van der Waals surface area contributed by atoms with Crippen LogP contribution in [0.25, 0.3) is 0 Å². The second-order valence-electron chi connectivity index (χ2n) is 6.34. The third-order valence-electron chi connectivity index (χ3n) is 3.97. The Morgan fingerprint density at radius 1 is 1.08 bits per heavy atom. The molecule has 0 saturated carbocycles. The van der Waals surface area contributed by atoms with E-state index < -0.39 is 23.0 Å². The highest BCUT2D eigenvalue weighted by atomic mass is 35.5. The van der Waals surface area contributed by atoms with Gasteiger partial charge in [0.1, 0.15) is 17.0 Å². The third-order valence-corrected chi connectivity index (χ3v) is 4.37. The smallest absolute Gasteiger partial charge is 0.239 e. The fourth-order valence-electron chi connectivity index (χ4n) is 2.13. The molecular weight excluding hydrogens is 359 g/mol. The molecule has 2 N–H and O–H groups in total. The van der Waals surface area contributed by atoms with Crippen molar-refractivity contribution in [1.29, 1.82) is 0 Å². The number of carbonyl (C=O) groups is 2. The molecule has 0 unspecified atom stereocenters. The highest BCUT2D eigenvalue weighted by Gasteiger charge is 2.36. The molecule has 0 bridgehead atoms. The fraction of sp³-hybridized carbons (Fsp3) is 0.263. The van der Waals surface area contributed by atoms with E-state index in [1.165, 1.54) is 45.2 Å². The number of halogens is 2. The number of rotatable bonds is 5. The van der Waals surface area contributed by atoms with Crippen LogP contribution in [0.2, 0.25) is 5.02 Å². The van der Waals surface area contributed by atoms with Gasteiger partial charge in [0.25, 0.3) is 0 Å². The lowest BCUT2D eigenvalue weighted by Gasteiger charge is -2.23. The van der Waals surface area contributed by atoms with Crippen molar-refractivity contribution in [2.45, 2.75) is 20.8 Å². The summed E-state index contributed by atoms with van der Waals surface area (Å²) >= 11 is 6.06. The van der Waals surface area contributed by atoms with Gasteiger partial charge in [0.15, 0.2) is 0 Å². The topological polar surface area (TPSA) is 67.4 Å². The van der Waals surface area contributed by atoms with Crippen molar-refractivity contribution in [3.05, 3.63) is 52.8 Å². The maximum Gasteiger partial charge on any atom is 0.239 e. The van der Waals surface area contributed by atoms with E-state index in [0.717, 1.165) is 5.56 Å². The van der Waals surface area contributed by atoms with Crippen molar-refractivity contribution in [1.82, 2.24) is 0 Å². The van der Waals surface area contributed by atoms with Crippen molar-refractivity contribution in [2.24, 2.45) is 5.41 Å². The Morgan fingerprint density at radius 2 is 1.65 bits per heavy atom. The molecular formula is C19H20ClFN2O3. The van der Waals surface area contributed by atoms with E-state index >= 15 is 0 Å². The maximum absolute atomic E-state index is 13.0. The van der Waals surface area contributed by atoms with Gasteiger partial charge in [-0.2, -0.15) is 0 Å². The Labute approximate surface area is 156 Å². The zero-order chi connectivity index (χ0) is 19.5. The minimum atomic E-state index is -1.38. The van der Waals surface area contributed by atoms with Gasteiger partial charge in [-0.05, 0) is 56.7 Å². The highest BCUT2D eigenvalue weighted by Crippen LogP contribution is 2.32. The van der Waals surface area contributed by atoms with E-state index in [-0.39, 0.29) is 0 Å². The summed E-state index contributed by atoms with van der Waals surface area (Å²) in [4.78, 5) is 25.2. The first-order chi connectivity index (χ1) is 12.1. The van der Waals surface area contributed by atoms with Crippen molar-refractivity contribution < 1.29 is 18.7 Å². The number of methoxy groups -OCH3 is 1. The van der Waals surface area contributed by atoms with E-state index in [1.807, 2.05) is 0 Å². The molecule has 7 heteroatoms. The van der Waals surface area contributed by atoms with Crippen LogP contribution in [0.5, 0.6) is 5.75 Å². The molecule has 0 spiro atoms. The molecule has 2 amide bonds. The molecule has 0 aliphatic carbocycles. The summed E-state index contributed by atoms with van der Waals surface area (Å²) in [7, 11) is 1.46. The summed E-state index contributed by atoms with van der Waals surface area (Å²) in [5, 5.41) is 5.82. The average Bonchev–Trinajstić information content (AvgIpc) is 2.59. The molecule has 2 aromatic carbocycles. The number of ether oxygens (including phenoxy) is 1. The minimum Gasteiger partial charge on any atom is -0.495 e. The molecule has 0 heterocycles. The molecule has 26 heavy (non-hydrogen) atoms. The summed E-state index contributed by atoms with van der Waals surface area (Å²) in [6.45, 7) is 4.79. The molecule has 0 aliphatic heterocycles. The van der Waals surface area contributed by atoms with Gasteiger partial charge < -0.3 is 15.4 Å². The Kier molecular flexibility index (Phi) is 5.87. The number of hydrogen-bond donors (Lipinski definition) is 2. The zero-order valence-corrected chi connectivity index (χ0v) is 15.7. The van der Waals surface area contributed by atoms with E-state index in [9.17, 15) is 14.0 Å². The van der Waals surface area contributed by atoms with E-state index in [0.29, 0.717) is 22.1 Å². The first-order valence-corrected chi connectivity index (χ1v) is 8.25. The molecule has 0 saturated heterocycles. The van der Waals surface area contributed by atoms with Gasteiger partial charge >= 0.3 is 0 Å².